The number of benzene rings is 2. The van der Waals surface area contributed by atoms with E-state index in [0.717, 1.165) is 6.20 Å². The fourth-order valence-corrected chi connectivity index (χ4v) is 2.71. The van der Waals surface area contributed by atoms with Gasteiger partial charge in [0.05, 0.1) is 10.6 Å². The molecule has 0 aromatic heterocycles. The van der Waals surface area contributed by atoms with Gasteiger partial charge in [-0.05, 0) is 36.4 Å². The van der Waals surface area contributed by atoms with E-state index in [4.69, 9.17) is 21.1 Å². The molecule has 30 heavy (non-hydrogen) atoms. The molecule has 0 unspecified atom stereocenters. The SMILES string of the molecule is CC1(C)OC(=O)C(=CNc2ccc(NC(=O)c3cc(F)c(F)cc3Cl)cc2)C(=O)O1. The van der Waals surface area contributed by atoms with Crippen molar-refractivity contribution in [1.82, 2.24) is 0 Å². The van der Waals surface area contributed by atoms with Crippen LogP contribution in [0.25, 0.3) is 0 Å². The molecule has 0 saturated carbocycles. The lowest BCUT2D eigenvalue weighted by Gasteiger charge is -2.29. The van der Waals surface area contributed by atoms with E-state index in [1.165, 1.54) is 26.0 Å². The van der Waals surface area contributed by atoms with E-state index in [0.29, 0.717) is 23.5 Å². The van der Waals surface area contributed by atoms with E-state index in [1.807, 2.05) is 0 Å². The minimum absolute atomic E-state index is 0.222. The van der Waals surface area contributed by atoms with Gasteiger partial charge in [-0.3, -0.25) is 4.79 Å². The van der Waals surface area contributed by atoms with Gasteiger partial charge in [0, 0.05) is 31.4 Å². The fourth-order valence-electron chi connectivity index (χ4n) is 2.48. The Bertz CT molecular complexity index is 1050. The molecule has 2 aromatic carbocycles. The normalized spacial score (nSPS) is 15.2. The summed E-state index contributed by atoms with van der Waals surface area (Å²) in [5.41, 5.74) is 0.300. The van der Waals surface area contributed by atoms with Crippen molar-refractivity contribution in [2.75, 3.05) is 10.6 Å². The molecule has 156 valence electrons. The summed E-state index contributed by atoms with van der Waals surface area (Å²) in [4.78, 5) is 36.0. The molecule has 0 radical (unpaired) electrons. The molecular weight excluding hydrogens is 422 g/mol. The highest BCUT2D eigenvalue weighted by Gasteiger charge is 2.38. The molecule has 0 aliphatic carbocycles. The van der Waals surface area contributed by atoms with Crippen molar-refractivity contribution in [2.45, 2.75) is 19.6 Å². The molecule has 10 heteroatoms. The molecule has 1 aliphatic heterocycles. The van der Waals surface area contributed by atoms with Crippen molar-refractivity contribution in [3.8, 4) is 0 Å². The Labute approximate surface area is 174 Å². The predicted molar refractivity (Wildman–Crippen MR) is 104 cm³/mol. The Hall–Kier alpha value is -3.46. The highest BCUT2D eigenvalue weighted by atomic mass is 35.5. The van der Waals surface area contributed by atoms with Crippen molar-refractivity contribution in [2.24, 2.45) is 0 Å². The van der Waals surface area contributed by atoms with E-state index in [-0.39, 0.29) is 16.2 Å². The first-order valence-corrected chi connectivity index (χ1v) is 8.93. The quantitative estimate of drug-likeness (QED) is 0.325. The van der Waals surface area contributed by atoms with Crippen LogP contribution in [0.15, 0.2) is 48.2 Å². The zero-order chi connectivity index (χ0) is 22.1. The number of halogens is 3. The third kappa shape index (κ3) is 4.74. The van der Waals surface area contributed by atoms with Crippen molar-refractivity contribution in [3.63, 3.8) is 0 Å². The molecule has 2 N–H and O–H groups in total. The van der Waals surface area contributed by atoms with Crippen LogP contribution in [0.3, 0.4) is 0 Å². The molecule has 7 nitrogen and oxygen atoms in total. The second-order valence-corrected chi connectivity index (χ2v) is 7.07. The average molecular weight is 437 g/mol. The van der Waals surface area contributed by atoms with Gasteiger partial charge in [-0.15, -0.1) is 0 Å². The number of carbonyl (C=O) groups excluding carboxylic acids is 3. The van der Waals surface area contributed by atoms with E-state index in [2.05, 4.69) is 10.6 Å². The Kier molecular flexibility index (Phi) is 5.75. The number of cyclic esters (lactones) is 2. The number of anilines is 2. The third-order valence-electron chi connectivity index (χ3n) is 3.90. The summed E-state index contributed by atoms with van der Waals surface area (Å²) in [6, 6.07) is 7.53. The van der Waals surface area contributed by atoms with E-state index < -0.39 is 35.3 Å². The van der Waals surface area contributed by atoms with Crippen LogP contribution in [0.5, 0.6) is 0 Å². The third-order valence-corrected chi connectivity index (χ3v) is 4.21. The van der Waals surface area contributed by atoms with Crippen LogP contribution in [0.1, 0.15) is 24.2 Å². The molecule has 1 fully saturated rings. The van der Waals surface area contributed by atoms with Crippen LogP contribution in [0.2, 0.25) is 5.02 Å². The van der Waals surface area contributed by atoms with Gasteiger partial charge >= 0.3 is 11.9 Å². The molecule has 1 saturated heterocycles. The molecule has 0 spiro atoms. The largest absolute Gasteiger partial charge is 0.419 e. The number of hydrogen-bond acceptors (Lipinski definition) is 6. The maximum atomic E-state index is 13.4. The van der Waals surface area contributed by atoms with Gasteiger partial charge in [-0.2, -0.15) is 0 Å². The van der Waals surface area contributed by atoms with Gasteiger partial charge in [0.15, 0.2) is 17.2 Å². The fraction of sp³-hybridized carbons (Fsp3) is 0.150. The number of ether oxygens (including phenoxy) is 2. The molecule has 2 aromatic rings. The monoisotopic (exact) mass is 436 g/mol. The number of rotatable bonds is 4. The Balaban J connectivity index is 1.67. The first-order chi connectivity index (χ1) is 14.1. The van der Waals surface area contributed by atoms with E-state index in [9.17, 15) is 23.2 Å². The van der Waals surface area contributed by atoms with Gasteiger partial charge in [-0.1, -0.05) is 11.6 Å². The van der Waals surface area contributed by atoms with Crippen LogP contribution in [0, 0.1) is 11.6 Å². The first kappa shape index (κ1) is 21.3. The average Bonchev–Trinajstić information content (AvgIpc) is 2.64. The Morgan fingerprint density at radius 2 is 1.53 bits per heavy atom. The molecule has 1 amide bonds. The predicted octanol–water partition coefficient (Wildman–Crippen LogP) is 4.00. The lowest BCUT2D eigenvalue weighted by molar-refractivity contribution is -0.222. The summed E-state index contributed by atoms with van der Waals surface area (Å²) in [5.74, 6) is -6.05. The summed E-state index contributed by atoms with van der Waals surface area (Å²) in [5, 5.41) is 5.02. The van der Waals surface area contributed by atoms with Gasteiger partial charge in [0.1, 0.15) is 0 Å². The van der Waals surface area contributed by atoms with Gasteiger partial charge in [0.2, 0.25) is 0 Å². The van der Waals surface area contributed by atoms with Crippen LogP contribution in [-0.4, -0.2) is 23.6 Å². The van der Waals surface area contributed by atoms with Crippen molar-refractivity contribution in [1.29, 1.82) is 0 Å². The number of esters is 2. The smallest absolute Gasteiger partial charge is 0.350 e. The summed E-state index contributed by atoms with van der Waals surface area (Å²) in [6.07, 6.45) is 1.15. The standard InChI is InChI=1S/C20H15ClF2N2O5/c1-20(2)29-18(27)13(19(28)30-20)9-24-10-3-5-11(6-4-10)25-17(26)12-7-15(22)16(23)8-14(12)21/h3-9,24H,1-2H3,(H,25,26). The summed E-state index contributed by atoms with van der Waals surface area (Å²) in [6.45, 7) is 2.88. The summed E-state index contributed by atoms with van der Waals surface area (Å²) in [7, 11) is 0. The summed E-state index contributed by atoms with van der Waals surface area (Å²) < 4.78 is 36.4. The van der Waals surface area contributed by atoms with Gasteiger partial charge in [0.25, 0.3) is 11.7 Å². The Morgan fingerprint density at radius 3 is 2.13 bits per heavy atom. The molecule has 0 bridgehead atoms. The van der Waals surface area contributed by atoms with Crippen LogP contribution >= 0.6 is 11.6 Å². The van der Waals surface area contributed by atoms with Crippen LogP contribution in [0.4, 0.5) is 20.2 Å². The molecule has 3 rings (SSSR count). The molecule has 1 heterocycles. The first-order valence-electron chi connectivity index (χ1n) is 8.55. The minimum atomic E-state index is -1.33. The Morgan fingerprint density at radius 1 is 1.00 bits per heavy atom. The van der Waals surface area contributed by atoms with Crippen molar-refractivity contribution < 1.29 is 32.6 Å². The zero-order valence-electron chi connectivity index (χ0n) is 15.7. The number of amides is 1. The van der Waals surface area contributed by atoms with E-state index in [1.54, 1.807) is 12.1 Å². The lowest BCUT2D eigenvalue weighted by atomic mass is 10.2. The van der Waals surface area contributed by atoms with Crippen LogP contribution in [-0.2, 0) is 19.1 Å². The number of nitrogens with one attached hydrogen (secondary N) is 2. The molecule has 0 atom stereocenters. The lowest BCUT2D eigenvalue weighted by Crippen LogP contribution is -2.42. The second-order valence-electron chi connectivity index (χ2n) is 6.66. The van der Waals surface area contributed by atoms with Crippen LogP contribution < -0.4 is 10.6 Å². The van der Waals surface area contributed by atoms with Crippen molar-refractivity contribution >= 4 is 40.8 Å². The highest BCUT2D eigenvalue weighted by molar-refractivity contribution is 6.34. The number of carbonyl (C=O) groups is 3. The van der Waals surface area contributed by atoms with E-state index >= 15 is 0 Å². The topological polar surface area (TPSA) is 93.7 Å². The maximum Gasteiger partial charge on any atom is 0.350 e. The molecule has 1 aliphatic rings. The van der Waals surface area contributed by atoms with Crippen molar-refractivity contribution in [3.05, 3.63) is 70.4 Å². The number of hydrogen-bond donors (Lipinski definition) is 2. The highest BCUT2D eigenvalue weighted by Crippen LogP contribution is 2.24. The molecular formula is C20H15ClF2N2O5. The van der Waals surface area contributed by atoms with Gasteiger partial charge in [-0.25, -0.2) is 18.4 Å². The van der Waals surface area contributed by atoms with Gasteiger partial charge < -0.3 is 20.1 Å². The summed E-state index contributed by atoms with van der Waals surface area (Å²) >= 11 is 5.78. The second kappa shape index (κ2) is 8.11. The minimum Gasteiger partial charge on any atom is -0.419 e. The zero-order valence-corrected chi connectivity index (χ0v) is 16.5. The maximum absolute atomic E-state index is 13.4.